The number of aromatic nitrogens is 2. The Balaban J connectivity index is 1.62. The number of imidazole rings is 1. The van der Waals surface area contributed by atoms with Gasteiger partial charge in [0.25, 0.3) is 0 Å². The Morgan fingerprint density at radius 1 is 1.21 bits per heavy atom. The van der Waals surface area contributed by atoms with E-state index in [9.17, 15) is 4.79 Å². The molecule has 2 aliphatic rings. The topological polar surface area (TPSA) is 56.1 Å². The maximum atomic E-state index is 11.9. The van der Waals surface area contributed by atoms with Crippen molar-refractivity contribution in [3.05, 3.63) is 35.4 Å². The molecule has 1 aromatic heterocycles. The molecule has 2 aliphatic carbocycles. The van der Waals surface area contributed by atoms with E-state index in [2.05, 4.69) is 16.0 Å². The fraction of sp³-hybridized carbons (Fsp3) is 0.565. The van der Waals surface area contributed by atoms with Gasteiger partial charge in [0, 0.05) is 12.6 Å². The minimum absolute atomic E-state index is 0.314. The number of nitrogens with zero attached hydrogens (tertiary/aromatic N) is 2. The lowest BCUT2D eigenvalue weighted by atomic mass is 9.96. The molecule has 1 N–H and O–H groups in total. The van der Waals surface area contributed by atoms with E-state index in [4.69, 9.17) is 9.72 Å². The van der Waals surface area contributed by atoms with Crippen LogP contribution in [0, 0.1) is 0 Å². The molecule has 150 valence electrons. The number of hydrogen-bond acceptors (Lipinski definition) is 4. The van der Waals surface area contributed by atoms with Gasteiger partial charge in [-0.1, -0.05) is 30.9 Å². The van der Waals surface area contributed by atoms with Crippen LogP contribution in [0.15, 0.2) is 29.8 Å². The van der Waals surface area contributed by atoms with Gasteiger partial charge in [-0.3, -0.25) is 0 Å². The molecule has 5 nitrogen and oxygen atoms in total. The monoisotopic (exact) mass is 381 g/mol. The van der Waals surface area contributed by atoms with Crippen molar-refractivity contribution in [3.63, 3.8) is 0 Å². The van der Waals surface area contributed by atoms with E-state index in [1.165, 1.54) is 64.9 Å². The summed E-state index contributed by atoms with van der Waals surface area (Å²) in [5, 5.41) is 3.71. The Morgan fingerprint density at radius 3 is 2.82 bits per heavy atom. The Labute approximate surface area is 167 Å². The zero-order valence-electron chi connectivity index (χ0n) is 16.9. The van der Waals surface area contributed by atoms with Crippen LogP contribution in [0.1, 0.15) is 74.6 Å². The molecule has 0 spiro atoms. The fourth-order valence-electron chi connectivity index (χ4n) is 4.53. The molecular formula is C23H31N3O2. The number of carbonyl (C=O) groups is 1. The third-order valence-electron chi connectivity index (χ3n) is 6.15. The molecule has 0 amide bonds. The summed E-state index contributed by atoms with van der Waals surface area (Å²) in [5.41, 5.74) is 4.07. The minimum atomic E-state index is -0.314. The number of fused-ring (bicyclic) bond motifs is 1. The number of esters is 1. The van der Waals surface area contributed by atoms with Gasteiger partial charge in [0.15, 0.2) is 0 Å². The van der Waals surface area contributed by atoms with Crippen LogP contribution in [-0.4, -0.2) is 28.7 Å². The first-order valence-electron chi connectivity index (χ1n) is 10.8. The first kappa shape index (κ1) is 19.0. The third-order valence-corrected chi connectivity index (χ3v) is 6.15. The molecule has 0 aliphatic heterocycles. The summed E-state index contributed by atoms with van der Waals surface area (Å²) in [7, 11) is 1.42. The predicted octanol–water partition coefficient (Wildman–Crippen LogP) is 5.46. The molecule has 0 radical (unpaired) electrons. The lowest BCUT2D eigenvalue weighted by molar-refractivity contribution is 0.0601. The highest BCUT2D eigenvalue weighted by Gasteiger charge is 2.19. The summed E-state index contributed by atoms with van der Waals surface area (Å²) in [6.07, 6.45) is 14.9. The SMILES string of the molecule is COC(=O)c1ccc2c(c1)nc(NC1CCCCC1)n2CCC1=CCCCC1. The normalized spacial score (nSPS) is 18.1. The molecule has 0 bridgehead atoms. The van der Waals surface area contributed by atoms with Crippen LogP contribution in [0.3, 0.4) is 0 Å². The van der Waals surface area contributed by atoms with Crippen LogP contribution < -0.4 is 5.32 Å². The molecule has 0 saturated heterocycles. The van der Waals surface area contributed by atoms with Crippen LogP contribution >= 0.6 is 0 Å². The van der Waals surface area contributed by atoms with Crippen LogP contribution in [0.5, 0.6) is 0 Å². The van der Waals surface area contributed by atoms with E-state index in [0.29, 0.717) is 11.6 Å². The van der Waals surface area contributed by atoms with Gasteiger partial charge in [-0.15, -0.1) is 0 Å². The second-order valence-corrected chi connectivity index (χ2v) is 8.12. The summed E-state index contributed by atoms with van der Waals surface area (Å²) in [6, 6.07) is 6.20. The molecule has 1 heterocycles. The summed E-state index contributed by atoms with van der Waals surface area (Å²) < 4.78 is 7.18. The number of nitrogens with one attached hydrogen (secondary N) is 1. The number of benzene rings is 1. The number of ether oxygens (including phenoxy) is 1. The van der Waals surface area contributed by atoms with Crippen molar-refractivity contribution >= 4 is 23.0 Å². The van der Waals surface area contributed by atoms with Gasteiger partial charge >= 0.3 is 5.97 Å². The van der Waals surface area contributed by atoms with E-state index in [0.717, 1.165) is 29.9 Å². The lowest BCUT2D eigenvalue weighted by Crippen LogP contribution is -2.24. The Kier molecular flexibility index (Phi) is 5.98. The van der Waals surface area contributed by atoms with Gasteiger partial charge in [-0.25, -0.2) is 9.78 Å². The first-order chi connectivity index (χ1) is 13.7. The maximum absolute atomic E-state index is 11.9. The lowest BCUT2D eigenvalue weighted by Gasteiger charge is -2.24. The zero-order valence-corrected chi connectivity index (χ0v) is 16.9. The largest absolute Gasteiger partial charge is 0.465 e. The minimum Gasteiger partial charge on any atom is -0.465 e. The Hall–Kier alpha value is -2.30. The van der Waals surface area contributed by atoms with E-state index >= 15 is 0 Å². The highest BCUT2D eigenvalue weighted by molar-refractivity contribution is 5.94. The smallest absolute Gasteiger partial charge is 0.337 e. The first-order valence-corrected chi connectivity index (χ1v) is 10.8. The molecular weight excluding hydrogens is 350 g/mol. The highest BCUT2D eigenvalue weighted by atomic mass is 16.5. The second-order valence-electron chi connectivity index (χ2n) is 8.12. The van der Waals surface area contributed by atoms with E-state index in [1.54, 1.807) is 5.57 Å². The van der Waals surface area contributed by atoms with E-state index in [-0.39, 0.29) is 5.97 Å². The number of aryl methyl sites for hydroxylation is 1. The van der Waals surface area contributed by atoms with Gasteiger partial charge in [0.05, 0.1) is 23.7 Å². The van der Waals surface area contributed by atoms with Gasteiger partial charge in [-0.05, 0) is 63.1 Å². The number of allylic oxidation sites excluding steroid dienone is 2. The van der Waals surface area contributed by atoms with Crippen molar-refractivity contribution in [2.45, 2.75) is 76.8 Å². The van der Waals surface area contributed by atoms with Crippen molar-refractivity contribution in [1.82, 2.24) is 9.55 Å². The number of rotatable bonds is 6. The van der Waals surface area contributed by atoms with Crippen LogP contribution in [0.25, 0.3) is 11.0 Å². The quantitative estimate of drug-likeness (QED) is 0.533. The molecule has 1 fully saturated rings. The molecule has 2 aromatic rings. The Morgan fingerprint density at radius 2 is 2.07 bits per heavy atom. The number of methoxy groups -OCH3 is 1. The van der Waals surface area contributed by atoms with Crippen LogP contribution in [0.4, 0.5) is 5.95 Å². The summed E-state index contributed by atoms with van der Waals surface area (Å²) in [4.78, 5) is 16.8. The summed E-state index contributed by atoms with van der Waals surface area (Å²) in [6.45, 7) is 0.926. The molecule has 4 rings (SSSR count). The maximum Gasteiger partial charge on any atom is 0.337 e. The van der Waals surface area contributed by atoms with Gasteiger partial charge in [-0.2, -0.15) is 0 Å². The Bertz CT molecular complexity index is 862. The standard InChI is InChI=1S/C23H31N3O2/c1-28-22(27)18-12-13-21-20(16-18)25-23(24-19-10-6-3-7-11-19)26(21)15-14-17-8-4-2-5-9-17/h8,12-13,16,19H,2-7,9-11,14-15H2,1H3,(H,24,25). The van der Waals surface area contributed by atoms with Crippen molar-refractivity contribution in [2.24, 2.45) is 0 Å². The fourth-order valence-corrected chi connectivity index (χ4v) is 4.53. The average Bonchev–Trinajstić information content (AvgIpc) is 3.09. The van der Waals surface area contributed by atoms with E-state index in [1.807, 2.05) is 18.2 Å². The molecule has 5 heteroatoms. The van der Waals surface area contributed by atoms with Crippen molar-refractivity contribution in [3.8, 4) is 0 Å². The molecule has 0 unspecified atom stereocenters. The molecule has 0 atom stereocenters. The zero-order chi connectivity index (χ0) is 19.3. The van der Waals surface area contributed by atoms with Crippen molar-refractivity contribution < 1.29 is 9.53 Å². The van der Waals surface area contributed by atoms with Crippen LogP contribution in [0.2, 0.25) is 0 Å². The van der Waals surface area contributed by atoms with Crippen molar-refractivity contribution in [2.75, 3.05) is 12.4 Å². The molecule has 1 aromatic carbocycles. The van der Waals surface area contributed by atoms with Gasteiger partial charge < -0.3 is 14.6 Å². The van der Waals surface area contributed by atoms with E-state index < -0.39 is 0 Å². The molecule has 28 heavy (non-hydrogen) atoms. The third kappa shape index (κ3) is 4.23. The van der Waals surface area contributed by atoms with Crippen molar-refractivity contribution in [1.29, 1.82) is 0 Å². The number of hydrogen-bond donors (Lipinski definition) is 1. The molecule has 1 saturated carbocycles. The van der Waals surface area contributed by atoms with Gasteiger partial charge in [0.1, 0.15) is 0 Å². The summed E-state index contributed by atoms with van der Waals surface area (Å²) in [5.74, 6) is 0.630. The summed E-state index contributed by atoms with van der Waals surface area (Å²) >= 11 is 0. The average molecular weight is 382 g/mol. The highest BCUT2D eigenvalue weighted by Crippen LogP contribution is 2.28. The number of anilines is 1. The van der Waals surface area contributed by atoms with Gasteiger partial charge in [0.2, 0.25) is 5.95 Å². The van der Waals surface area contributed by atoms with Crippen LogP contribution in [-0.2, 0) is 11.3 Å². The predicted molar refractivity (Wildman–Crippen MR) is 113 cm³/mol. The number of carbonyl (C=O) groups excluding carboxylic acids is 1. The second kappa shape index (κ2) is 8.80.